The Morgan fingerprint density at radius 3 is 2.21 bits per heavy atom. The minimum Gasteiger partial charge on any atom is -0.489 e. The van der Waals surface area contributed by atoms with Gasteiger partial charge in [0.2, 0.25) is 0 Å². The van der Waals surface area contributed by atoms with E-state index in [9.17, 15) is 0 Å². The lowest BCUT2D eigenvalue weighted by Crippen LogP contribution is -2.44. The molecule has 0 bridgehead atoms. The average molecular weight is 565 g/mol. The number of benzene rings is 3. The molecule has 5 heteroatoms. The van der Waals surface area contributed by atoms with Crippen LogP contribution in [0.3, 0.4) is 0 Å². The Morgan fingerprint density at radius 1 is 0.881 bits per heavy atom. The van der Waals surface area contributed by atoms with Crippen molar-refractivity contribution in [3.8, 4) is 5.75 Å². The third-order valence-electron chi connectivity index (χ3n) is 7.25. The SMILES string of the molecule is CC.CC.CN=C/C(=C1\CC(C)=C(c2ccc(OCc3ccccc3)cc2)C=N1)c1cccc(N2CCN(C)CC2)c1. The first-order valence-electron chi connectivity index (χ1n) is 15.3. The van der Waals surface area contributed by atoms with Crippen molar-refractivity contribution in [3.05, 3.63) is 107 Å². The predicted octanol–water partition coefficient (Wildman–Crippen LogP) is 8.43. The molecule has 1 fully saturated rings. The second-order valence-corrected chi connectivity index (χ2v) is 10.0. The summed E-state index contributed by atoms with van der Waals surface area (Å²) in [7, 11) is 4.01. The minimum absolute atomic E-state index is 0.565. The van der Waals surface area contributed by atoms with Gasteiger partial charge in [0.05, 0.1) is 5.70 Å². The molecule has 2 heterocycles. The lowest BCUT2D eigenvalue weighted by molar-refractivity contribution is 0.306. The molecule has 0 amide bonds. The van der Waals surface area contributed by atoms with Gasteiger partial charge < -0.3 is 14.5 Å². The molecule has 0 saturated carbocycles. The van der Waals surface area contributed by atoms with Crippen molar-refractivity contribution in [3.63, 3.8) is 0 Å². The number of ether oxygens (including phenoxy) is 1. The van der Waals surface area contributed by atoms with Crippen LogP contribution in [0.1, 0.15) is 57.7 Å². The van der Waals surface area contributed by atoms with Crippen LogP contribution in [0.4, 0.5) is 5.69 Å². The van der Waals surface area contributed by atoms with Gasteiger partial charge in [0, 0.05) is 63.3 Å². The number of anilines is 1. The van der Waals surface area contributed by atoms with Crippen molar-refractivity contribution in [1.29, 1.82) is 0 Å². The van der Waals surface area contributed by atoms with E-state index in [1.807, 2.05) is 77.5 Å². The molecule has 222 valence electrons. The minimum atomic E-state index is 0.565. The molecular weight excluding hydrogens is 516 g/mol. The highest BCUT2D eigenvalue weighted by Crippen LogP contribution is 2.33. The normalized spacial score (nSPS) is 16.4. The van der Waals surface area contributed by atoms with Gasteiger partial charge >= 0.3 is 0 Å². The molecule has 1 saturated heterocycles. The van der Waals surface area contributed by atoms with Crippen molar-refractivity contribution < 1.29 is 4.74 Å². The Bertz CT molecular complexity index is 1360. The summed E-state index contributed by atoms with van der Waals surface area (Å²) in [6, 6.07) is 27.4. The van der Waals surface area contributed by atoms with Crippen LogP contribution in [0.2, 0.25) is 0 Å². The summed E-state index contributed by atoms with van der Waals surface area (Å²) >= 11 is 0. The number of likely N-dealkylation sites (N-methyl/N-ethyl adjacent to an activating group) is 1. The molecule has 5 rings (SSSR count). The van der Waals surface area contributed by atoms with Crippen molar-refractivity contribution in [2.24, 2.45) is 9.98 Å². The first-order valence-corrected chi connectivity index (χ1v) is 15.3. The maximum Gasteiger partial charge on any atom is 0.119 e. The van der Waals surface area contributed by atoms with E-state index in [2.05, 4.69) is 77.3 Å². The van der Waals surface area contributed by atoms with Crippen LogP contribution in [-0.4, -0.2) is 57.6 Å². The molecule has 0 aromatic heterocycles. The van der Waals surface area contributed by atoms with Gasteiger partial charge in [0.25, 0.3) is 0 Å². The fraction of sp³-hybridized carbons (Fsp3) is 0.351. The van der Waals surface area contributed by atoms with Gasteiger partial charge in [-0.1, -0.05) is 87.9 Å². The van der Waals surface area contributed by atoms with Gasteiger partial charge in [0.15, 0.2) is 0 Å². The van der Waals surface area contributed by atoms with E-state index >= 15 is 0 Å². The van der Waals surface area contributed by atoms with E-state index in [1.165, 1.54) is 16.8 Å². The molecule has 2 aliphatic heterocycles. The van der Waals surface area contributed by atoms with E-state index in [0.717, 1.165) is 66.3 Å². The summed E-state index contributed by atoms with van der Waals surface area (Å²) in [6.45, 7) is 15.0. The van der Waals surface area contributed by atoms with Crippen molar-refractivity contribution >= 4 is 29.3 Å². The monoisotopic (exact) mass is 564 g/mol. The van der Waals surface area contributed by atoms with E-state index in [0.29, 0.717) is 6.61 Å². The Labute approximate surface area is 254 Å². The summed E-state index contributed by atoms with van der Waals surface area (Å²) in [5, 5.41) is 0. The Kier molecular flexibility index (Phi) is 13.3. The van der Waals surface area contributed by atoms with Crippen LogP contribution in [0, 0.1) is 0 Å². The molecule has 0 aliphatic carbocycles. The number of allylic oxidation sites excluding steroid dienone is 3. The number of aliphatic imine (C=N–C) groups is 2. The lowest BCUT2D eigenvalue weighted by atomic mass is 9.93. The van der Waals surface area contributed by atoms with Gasteiger partial charge in [-0.3, -0.25) is 9.98 Å². The summed E-state index contributed by atoms with van der Waals surface area (Å²) in [4.78, 5) is 14.2. The molecule has 0 atom stereocenters. The number of hydrogen-bond acceptors (Lipinski definition) is 5. The van der Waals surface area contributed by atoms with Gasteiger partial charge in [0.1, 0.15) is 12.4 Å². The second-order valence-electron chi connectivity index (χ2n) is 10.0. The average Bonchev–Trinajstić information content (AvgIpc) is 3.06. The molecule has 42 heavy (non-hydrogen) atoms. The van der Waals surface area contributed by atoms with Gasteiger partial charge in [-0.05, 0) is 60.5 Å². The molecule has 0 N–H and O–H groups in total. The van der Waals surface area contributed by atoms with E-state index in [4.69, 9.17) is 9.73 Å². The standard InChI is InChI=1S/C33H36N4O.2C2H6/c1-25-20-33(32(22-34-2)28-10-7-11-29(21-28)37-18-16-36(3)17-19-37)35-23-31(25)27-12-14-30(15-13-27)38-24-26-8-5-4-6-9-26;2*1-2/h4-15,21-23H,16-20,24H2,1-3H3;2*1-2H3/b33-32-,34-22?;;. The first kappa shape index (κ1) is 32.6. The summed E-state index contributed by atoms with van der Waals surface area (Å²) in [6.07, 6.45) is 4.74. The second kappa shape index (κ2) is 17.1. The van der Waals surface area contributed by atoms with E-state index < -0.39 is 0 Å². The topological polar surface area (TPSA) is 40.4 Å². The molecule has 0 unspecified atom stereocenters. The Balaban J connectivity index is 0.00000116. The van der Waals surface area contributed by atoms with Crippen LogP contribution >= 0.6 is 0 Å². The van der Waals surface area contributed by atoms with Crippen molar-refractivity contribution in [2.75, 3.05) is 45.2 Å². The fourth-order valence-corrected chi connectivity index (χ4v) is 4.98. The summed E-state index contributed by atoms with van der Waals surface area (Å²) < 4.78 is 5.97. The smallest absolute Gasteiger partial charge is 0.119 e. The van der Waals surface area contributed by atoms with Crippen LogP contribution in [-0.2, 0) is 6.61 Å². The number of hydrogen-bond donors (Lipinski definition) is 0. The zero-order valence-corrected chi connectivity index (χ0v) is 26.6. The lowest BCUT2D eigenvalue weighted by Gasteiger charge is -2.34. The first-order chi connectivity index (χ1) is 20.6. The molecule has 0 radical (unpaired) electrons. The van der Waals surface area contributed by atoms with Crippen LogP contribution in [0.5, 0.6) is 5.75 Å². The van der Waals surface area contributed by atoms with Crippen LogP contribution in [0.15, 0.2) is 100 Å². The highest BCUT2D eigenvalue weighted by molar-refractivity contribution is 6.16. The molecule has 0 spiro atoms. The number of nitrogens with zero attached hydrogens (tertiary/aromatic N) is 4. The van der Waals surface area contributed by atoms with Crippen molar-refractivity contribution in [2.45, 2.75) is 47.6 Å². The molecule has 3 aromatic rings. The largest absolute Gasteiger partial charge is 0.489 e. The van der Waals surface area contributed by atoms with Crippen LogP contribution in [0.25, 0.3) is 11.1 Å². The third kappa shape index (κ3) is 8.77. The maximum absolute atomic E-state index is 5.97. The number of rotatable bonds is 7. The molecule has 3 aromatic carbocycles. The zero-order valence-electron chi connectivity index (χ0n) is 26.6. The molecular formula is C37H48N4O. The van der Waals surface area contributed by atoms with Gasteiger partial charge in [-0.25, -0.2) is 0 Å². The van der Waals surface area contributed by atoms with Crippen molar-refractivity contribution in [1.82, 2.24) is 4.90 Å². The predicted molar refractivity (Wildman–Crippen MR) is 183 cm³/mol. The Hall–Kier alpha value is -3.96. The van der Waals surface area contributed by atoms with E-state index in [1.54, 1.807) is 0 Å². The summed E-state index contributed by atoms with van der Waals surface area (Å²) in [5.74, 6) is 0.867. The highest BCUT2D eigenvalue weighted by Gasteiger charge is 2.18. The Morgan fingerprint density at radius 2 is 1.57 bits per heavy atom. The van der Waals surface area contributed by atoms with Gasteiger partial charge in [-0.15, -0.1) is 0 Å². The number of dihydropyridines is 1. The quantitative estimate of drug-likeness (QED) is 0.270. The molecule has 5 nitrogen and oxygen atoms in total. The fourth-order valence-electron chi connectivity index (χ4n) is 4.98. The van der Waals surface area contributed by atoms with Gasteiger partial charge in [-0.2, -0.15) is 0 Å². The van der Waals surface area contributed by atoms with E-state index in [-0.39, 0.29) is 0 Å². The number of piperazine rings is 1. The molecule has 2 aliphatic rings. The van der Waals surface area contributed by atoms with Crippen LogP contribution < -0.4 is 9.64 Å². The maximum atomic E-state index is 5.97. The summed E-state index contributed by atoms with van der Waals surface area (Å²) in [5.41, 5.74) is 9.34. The highest BCUT2D eigenvalue weighted by atomic mass is 16.5. The zero-order chi connectivity index (χ0) is 30.3. The third-order valence-corrected chi connectivity index (χ3v) is 7.25.